The van der Waals surface area contributed by atoms with Gasteiger partial charge >= 0.3 is 6.09 Å². The molecule has 5 atom stereocenters. The summed E-state index contributed by atoms with van der Waals surface area (Å²) in [5.41, 5.74) is 0.863. The van der Waals surface area contributed by atoms with Gasteiger partial charge in [-0.15, -0.1) is 0 Å². The van der Waals surface area contributed by atoms with Crippen molar-refractivity contribution in [2.45, 2.75) is 70.9 Å². The zero-order valence-corrected chi connectivity index (χ0v) is 22.7. The molecule has 2 fully saturated rings. The number of amides is 3. The minimum atomic E-state index is -0.806. The Hall–Kier alpha value is -3.55. The first-order valence-corrected chi connectivity index (χ1v) is 13.5. The summed E-state index contributed by atoms with van der Waals surface area (Å²) in [6.07, 6.45) is 2.20. The monoisotopic (exact) mass is 521 g/mol. The molecule has 8 heteroatoms. The van der Waals surface area contributed by atoms with Crippen molar-refractivity contribution in [3.63, 3.8) is 0 Å². The molecule has 0 radical (unpaired) electrons. The number of para-hydroxylation sites is 1. The van der Waals surface area contributed by atoms with E-state index in [9.17, 15) is 14.4 Å². The highest BCUT2D eigenvalue weighted by molar-refractivity contribution is 5.91. The number of likely N-dealkylation sites (N-methyl/N-ethyl adjacent to an activating group) is 1. The second-order valence-electron chi connectivity index (χ2n) is 10.7. The van der Waals surface area contributed by atoms with Gasteiger partial charge in [0.2, 0.25) is 11.8 Å². The number of benzene rings is 2. The van der Waals surface area contributed by atoms with Crippen molar-refractivity contribution in [1.82, 2.24) is 15.1 Å². The fourth-order valence-electron chi connectivity index (χ4n) is 5.43. The summed E-state index contributed by atoms with van der Waals surface area (Å²) < 4.78 is 11.7. The third kappa shape index (κ3) is 6.29. The molecule has 2 aromatic carbocycles. The molecule has 8 nitrogen and oxygen atoms in total. The number of hydrogen-bond donors (Lipinski definition) is 1. The van der Waals surface area contributed by atoms with Crippen LogP contribution in [0, 0.1) is 11.8 Å². The van der Waals surface area contributed by atoms with Gasteiger partial charge in [0.1, 0.15) is 30.5 Å². The summed E-state index contributed by atoms with van der Waals surface area (Å²) in [7, 11) is 1.53. The molecule has 3 amide bonds. The van der Waals surface area contributed by atoms with E-state index >= 15 is 0 Å². The van der Waals surface area contributed by atoms with Crippen molar-refractivity contribution < 1.29 is 23.9 Å². The highest BCUT2D eigenvalue weighted by atomic mass is 16.6. The highest BCUT2D eigenvalue weighted by Gasteiger charge is 2.49. The van der Waals surface area contributed by atoms with Gasteiger partial charge in [0.15, 0.2) is 0 Å². The van der Waals surface area contributed by atoms with E-state index in [0.29, 0.717) is 12.5 Å². The van der Waals surface area contributed by atoms with Gasteiger partial charge in [0.25, 0.3) is 0 Å². The van der Waals surface area contributed by atoms with Crippen LogP contribution in [0.2, 0.25) is 0 Å². The Bertz CT molecular complexity index is 1090. The predicted molar refractivity (Wildman–Crippen MR) is 144 cm³/mol. The molecule has 38 heavy (non-hydrogen) atoms. The minimum Gasteiger partial charge on any atom is -0.488 e. The molecule has 204 valence electrons. The summed E-state index contributed by atoms with van der Waals surface area (Å²) in [5, 5.41) is 2.93. The van der Waals surface area contributed by atoms with E-state index in [2.05, 4.69) is 5.32 Å². The molecule has 4 rings (SSSR count). The normalized spacial score (nSPS) is 21.9. The average molecular weight is 522 g/mol. The number of fused-ring (bicyclic) bond motifs is 1. The number of hydrogen-bond acceptors (Lipinski definition) is 5. The predicted octanol–water partition coefficient (Wildman–Crippen LogP) is 4.24. The van der Waals surface area contributed by atoms with E-state index in [-0.39, 0.29) is 30.6 Å². The first-order valence-electron chi connectivity index (χ1n) is 13.5. The molecule has 0 aromatic heterocycles. The maximum Gasteiger partial charge on any atom is 0.410 e. The SMILES string of the molecule is CC(C)[C@H](NC(=O)[C@H](C)N(C)C(=O)OCc1ccccc1)C(=O)N1CC[C@H]2CC[C@H](Oc3ccccc3)[C@H]21. The van der Waals surface area contributed by atoms with Crippen LogP contribution < -0.4 is 10.1 Å². The Morgan fingerprint density at radius 1 is 0.974 bits per heavy atom. The van der Waals surface area contributed by atoms with Crippen LogP contribution in [-0.4, -0.2) is 65.5 Å². The van der Waals surface area contributed by atoms with Gasteiger partial charge in [0, 0.05) is 13.6 Å². The molecule has 1 aliphatic carbocycles. The quantitative estimate of drug-likeness (QED) is 0.533. The number of rotatable bonds is 9. The van der Waals surface area contributed by atoms with Crippen molar-refractivity contribution in [1.29, 1.82) is 0 Å². The van der Waals surface area contributed by atoms with Gasteiger partial charge in [-0.2, -0.15) is 0 Å². The Morgan fingerprint density at radius 3 is 2.29 bits per heavy atom. The van der Waals surface area contributed by atoms with Gasteiger partial charge < -0.3 is 19.7 Å². The van der Waals surface area contributed by atoms with Gasteiger partial charge in [0.05, 0.1) is 6.04 Å². The molecule has 1 saturated heterocycles. The molecular formula is C30H39N3O5. The smallest absolute Gasteiger partial charge is 0.410 e. The van der Waals surface area contributed by atoms with E-state index in [1.54, 1.807) is 6.92 Å². The summed E-state index contributed by atoms with van der Waals surface area (Å²) in [6, 6.07) is 17.6. The topological polar surface area (TPSA) is 88.2 Å². The molecule has 1 aliphatic heterocycles. The maximum atomic E-state index is 13.8. The van der Waals surface area contributed by atoms with E-state index < -0.39 is 24.1 Å². The van der Waals surface area contributed by atoms with Crippen molar-refractivity contribution in [2.24, 2.45) is 11.8 Å². The highest BCUT2D eigenvalue weighted by Crippen LogP contribution is 2.40. The number of ether oxygens (including phenoxy) is 2. The lowest BCUT2D eigenvalue weighted by atomic mass is 10.00. The Morgan fingerprint density at radius 2 is 1.63 bits per heavy atom. The molecule has 1 heterocycles. The second kappa shape index (κ2) is 12.3. The molecule has 0 unspecified atom stereocenters. The summed E-state index contributed by atoms with van der Waals surface area (Å²) >= 11 is 0. The van der Waals surface area contributed by atoms with Crippen LogP contribution in [0.15, 0.2) is 60.7 Å². The number of likely N-dealkylation sites (tertiary alicyclic amines) is 1. The van der Waals surface area contributed by atoms with E-state index in [0.717, 1.165) is 30.6 Å². The van der Waals surface area contributed by atoms with Crippen LogP contribution in [0.1, 0.15) is 45.6 Å². The van der Waals surface area contributed by atoms with E-state index in [1.807, 2.05) is 79.4 Å². The van der Waals surface area contributed by atoms with Gasteiger partial charge in [-0.25, -0.2) is 4.79 Å². The van der Waals surface area contributed by atoms with Crippen molar-refractivity contribution in [3.05, 3.63) is 66.2 Å². The number of carbonyl (C=O) groups is 3. The zero-order valence-electron chi connectivity index (χ0n) is 22.7. The Balaban J connectivity index is 1.37. The van der Waals surface area contributed by atoms with Crippen molar-refractivity contribution >= 4 is 17.9 Å². The fourth-order valence-corrected chi connectivity index (χ4v) is 5.43. The first-order chi connectivity index (χ1) is 18.3. The van der Waals surface area contributed by atoms with Crippen LogP contribution in [0.5, 0.6) is 5.75 Å². The minimum absolute atomic E-state index is 0.00563. The van der Waals surface area contributed by atoms with E-state index in [4.69, 9.17) is 9.47 Å². The molecule has 1 saturated carbocycles. The lowest BCUT2D eigenvalue weighted by Crippen LogP contribution is -2.57. The van der Waals surface area contributed by atoms with Gasteiger partial charge in [-0.1, -0.05) is 62.4 Å². The fraction of sp³-hybridized carbons (Fsp3) is 0.500. The van der Waals surface area contributed by atoms with Crippen LogP contribution >= 0.6 is 0 Å². The van der Waals surface area contributed by atoms with Crippen LogP contribution in [0.4, 0.5) is 4.79 Å². The molecule has 2 aliphatic rings. The second-order valence-corrected chi connectivity index (χ2v) is 10.7. The standard InChI is InChI=1S/C30H39N3O5/c1-20(2)26(31-28(34)21(3)32(4)30(36)37-19-22-11-7-5-8-12-22)29(35)33-18-17-23-15-16-25(27(23)33)38-24-13-9-6-10-14-24/h5-14,20-21,23,25-27H,15-19H2,1-4H3,(H,31,34)/t21-,23+,25-,26-,27-/m0/s1. The Labute approximate surface area is 225 Å². The number of carbonyl (C=O) groups excluding carboxylic acids is 3. The van der Waals surface area contributed by atoms with Gasteiger partial charge in [-0.3, -0.25) is 14.5 Å². The molecule has 1 N–H and O–H groups in total. The van der Waals surface area contributed by atoms with Crippen molar-refractivity contribution in [2.75, 3.05) is 13.6 Å². The third-order valence-corrected chi connectivity index (χ3v) is 7.78. The summed E-state index contributed by atoms with van der Waals surface area (Å²) in [4.78, 5) is 42.7. The number of nitrogens with zero attached hydrogens (tertiary/aromatic N) is 2. The maximum absolute atomic E-state index is 13.8. The third-order valence-electron chi connectivity index (χ3n) is 7.78. The van der Waals surface area contributed by atoms with E-state index in [1.165, 1.54) is 11.9 Å². The van der Waals surface area contributed by atoms with Crippen molar-refractivity contribution in [3.8, 4) is 5.75 Å². The molecule has 0 spiro atoms. The molecule has 0 bridgehead atoms. The average Bonchev–Trinajstić information content (AvgIpc) is 3.53. The zero-order chi connectivity index (χ0) is 27.2. The largest absolute Gasteiger partial charge is 0.488 e. The Kier molecular flexibility index (Phi) is 8.92. The molecule has 2 aromatic rings. The lowest BCUT2D eigenvalue weighted by molar-refractivity contribution is -0.140. The van der Waals surface area contributed by atoms with Crippen LogP contribution in [0.3, 0.4) is 0 Å². The summed E-state index contributed by atoms with van der Waals surface area (Å²) in [6.45, 7) is 6.25. The lowest BCUT2D eigenvalue weighted by Gasteiger charge is -2.34. The number of nitrogens with one attached hydrogen (secondary N) is 1. The van der Waals surface area contributed by atoms with Crippen LogP contribution in [0.25, 0.3) is 0 Å². The first kappa shape index (κ1) is 27.5. The molecular weight excluding hydrogens is 482 g/mol. The van der Waals surface area contributed by atoms with Gasteiger partial charge in [-0.05, 0) is 55.7 Å². The van der Waals surface area contributed by atoms with Crippen LogP contribution in [-0.2, 0) is 20.9 Å². The summed E-state index contributed by atoms with van der Waals surface area (Å²) in [5.74, 6) is 0.604.